The third kappa shape index (κ3) is 2.55. The Bertz CT molecular complexity index is 634. The highest BCUT2D eigenvalue weighted by Gasteiger charge is 2.24. The molecule has 1 aliphatic rings. The summed E-state index contributed by atoms with van der Waals surface area (Å²) in [6, 6.07) is 6.74. The van der Waals surface area contributed by atoms with Gasteiger partial charge in [0.25, 0.3) is 5.91 Å². The molecular formula is C15H17FN2OS. The van der Waals surface area contributed by atoms with E-state index in [1.165, 1.54) is 23.5 Å². The zero-order valence-corrected chi connectivity index (χ0v) is 12.2. The maximum atomic E-state index is 13.2. The second kappa shape index (κ2) is 5.50. The number of carbonyl (C=O) groups excluding carboxylic acids is 1. The van der Waals surface area contributed by atoms with Crippen LogP contribution in [0.3, 0.4) is 0 Å². The van der Waals surface area contributed by atoms with Gasteiger partial charge >= 0.3 is 0 Å². The highest BCUT2D eigenvalue weighted by molar-refractivity contribution is 7.20. The zero-order valence-electron chi connectivity index (χ0n) is 11.4. The van der Waals surface area contributed by atoms with E-state index in [1.54, 1.807) is 12.1 Å². The van der Waals surface area contributed by atoms with E-state index in [2.05, 4.69) is 5.32 Å². The minimum atomic E-state index is -0.263. The Morgan fingerprint density at radius 2 is 2.10 bits per heavy atom. The molecule has 0 spiro atoms. The molecule has 0 radical (unpaired) electrons. The fraction of sp³-hybridized carbons (Fsp3) is 0.400. The molecule has 5 heteroatoms. The number of thiophene rings is 1. The summed E-state index contributed by atoms with van der Waals surface area (Å²) in [5.41, 5.74) is 0. The lowest BCUT2D eigenvalue weighted by molar-refractivity contribution is 0.0708. The molecule has 0 unspecified atom stereocenters. The first-order valence-electron chi connectivity index (χ1n) is 6.82. The summed E-state index contributed by atoms with van der Waals surface area (Å²) < 4.78 is 14.2. The number of halogens is 1. The average molecular weight is 292 g/mol. The maximum Gasteiger partial charge on any atom is 0.263 e. The standard InChI is InChI=1S/C15H17FN2OS/c1-18(12-4-6-17-7-5-12)15(19)14-9-10-8-11(16)2-3-13(10)20-14/h2-3,8-9,12,17H,4-7H2,1H3. The lowest BCUT2D eigenvalue weighted by Crippen LogP contribution is -2.43. The van der Waals surface area contributed by atoms with Crippen molar-refractivity contribution in [2.24, 2.45) is 0 Å². The Hall–Kier alpha value is -1.46. The fourth-order valence-corrected chi connectivity index (χ4v) is 3.68. The second-order valence-electron chi connectivity index (χ2n) is 5.19. The minimum Gasteiger partial charge on any atom is -0.338 e. The summed E-state index contributed by atoms with van der Waals surface area (Å²) in [6.45, 7) is 1.92. The van der Waals surface area contributed by atoms with Gasteiger partial charge < -0.3 is 10.2 Å². The van der Waals surface area contributed by atoms with Gasteiger partial charge in [-0.25, -0.2) is 4.39 Å². The van der Waals surface area contributed by atoms with Crippen molar-refractivity contribution in [3.63, 3.8) is 0 Å². The molecule has 1 aromatic carbocycles. The summed E-state index contributed by atoms with van der Waals surface area (Å²) in [5, 5.41) is 4.10. The van der Waals surface area contributed by atoms with Gasteiger partial charge in [-0.1, -0.05) is 0 Å². The van der Waals surface area contributed by atoms with Crippen LogP contribution in [0.1, 0.15) is 22.5 Å². The molecule has 1 N–H and O–H groups in total. The van der Waals surface area contributed by atoms with Gasteiger partial charge in [-0.3, -0.25) is 4.79 Å². The van der Waals surface area contributed by atoms with Crippen molar-refractivity contribution in [3.05, 3.63) is 35.0 Å². The van der Waals surface area contributed by atoms with Crippen LogP contribution in [0.5, 0.6) is 0 Å². The molecule has 0 saturated carbocycles. The molecule has 1 fully saturated rings. The van der Waals surface area contributed by atoms with Gasteiger partial charge in [0.05, 0.1) is 4.88 Å². The molecule has 2 aromatic rings. The number of nitrogens with one attached hydrogen (secondary N) is 1. The molecular weight excluding hydrogens is 275 g/mol. The molecule has 0 bridgehead atoms. The molecule has 1 aromatic heterocycles. The summed E-state index contributed by atoms with van der Waals surface area (Å²) in [4.78, 5) is 15.0. The first-order chi connectivity index (χ1) is 9.65. The third-order valence-electron chi connectivity index (χ3n) is 3.87. The number of hydrogen-bond donors (Lipinski definition) is 1. The number of piperidine rings is 1. The van der Waals surface area contributed by atoms with E-state index in [0.717, 1.165) is 36.0 Å². The molecule has 3 nitrogen and oxygen atoms in total. The second-order valence-corrected chi connectivity index (χ2v) is 6.27. The number of nitrogens with zero attached hydrogens (tertiary/aromatic N) is 1. The molecule has 20 heavy (non-hydrogen) atoms. The quantitative estimate of drug-likeness (QED) is 0.923. The smallest absolute Gasteiger partial charge is 0.263 e. The van der Waals surface area contributed by atoms with Crippen LogP contribution in [0, 0.1) is 5.82 Å². The number of amides is 1. The van der Waals surface area contributed by atoms with Crippen LogP contribution in [-0.4, -0.2) is 37.0 Å². The van der Waals surface area contributed by atoms with Gasteiger partial charge in [-0.2, -0.15) is 0 Å². The molecule has 1 aliphatic heterocycles. The Morgan fingerprint density at radius 1 is 1.35 bits per heavy atom. The van der Waals surface area contributed by atoms with Gasteiger partial charge in [-0.15, -0.1) is 11.3 Å². The van der Waals surface area contributed by atoms with Crippen LogP contribution < -0.4 is 5.32 Å². The van der Waals surface area contributed by atoms with Crippen LogP contribution in [0.25, 0.3) is 10.1 Å². The zero-order chi connectivity index (χ0) is 14.1. The van der Waals surface area contributed by atoms with Crippen LogP contribution in [-0.2, 0) is 0 Å². The van der Waals surface area contributed by atoms with E-state index >= 15 is 0 Å². The van der Waals surface area contributed by atoms with Gasteiger partial charge in [-0.05, 0) is 55.6 Å². The largest absolute Gasteiger partial charge is 0.338 e. The van der Waals surface area contributed by atoms with E-state index < -0.39 is 0 Å². The van der Waals surface area contributed by atoms with Crippen molar-refractivity contribution in [2.75, 3.05) is 20.1 Å². The topological polar surface area (TPSA) is 32.3 Å². The maximum absolute atomic E-state index is 13.2. The average Bonchev–Trinajstić information content (AvgIpc) is 2.89. The fourth-order valence-electron chi connectivity index (χ4n) is 2.65. The van der Waals surface area contributed by atoms with Crippen LogP contribution in [0.4, 0.5) is 4.39 Å². The number of hydrogen-bond acceptors (Lipinski definition) is 3. The van der Waals surface area contributed by atoms with Crippen molar-refractivity contribution in [1.29, 1.82) is 0 Å². The summed E-state index contributed by atoms with van der Waals surface area (Å²) in [5.74, 6) is -0.223. The lowest BCUT2D eigenvalue weighted by atomic mass is 10.1. The van der Waals surface area contributed by atoms with Gasteiger partial charge in [0.15, 0.2) is 0 Å². The molecule has 1 saturated heterocycles. The Balaban J connectivity index is 1.84. The Labute approximate surface area is 121 Å². The van der Waals surface area contributed by atoms with E-state index in [1.807, 2.05) is 11.9 Å². The van der Waals surface area contributed by atoms with E-state index in [9.17, 15) is 9.18 Å². The first kappa shape index (κ1) is 13.5. The minimum absolute atomic E-state index is 0.0403. The van der Waals surface area contributed by atoms with Crippen molar-refractivity contribution >= 4 is 27.3 Å². The predicted molar refractivity (Wildman–Crippen MR) is 79.8 cm³/mol. The highest BCUT2D eigenvalue weighted by atomic mass is 32.1. The third-order valence-corrected chi connectivity index (χ3v) is 4.97. The summed E-state index contributed by atoms with van der Waals surface area (Å²) in [7, 11) is 1.86. The Kier molecular flexibility index (Phi) is 3.72. The van der Waals surface area contributed by atoms with Crippen LogP contribution in [0.15, 0.2) is 24.3 Å². The van der Waals surface area contributed by atoms with E-state index in [4.69, 9.17) is 0 Å². The first-order valence-corrected chi connectivity index (χ1v) is 7.64. The van der Waals surface area contributed by atoms with E-state index in [0.29, 0.717) is 10.9 Å². The van der Waals surface area contributed by atoms with Gasteiger partial charge in [0, 0.05) is 17.8 Å². The monoisotopic (exact) mass is 292 g/mol. The molecule has 0 atom stereocenters. The molecule has 2 heterocycles. The van der Waals surface area contributed by atoms with Crippen molar-refractivity contribution in [2.45, 2.75) is 18.9 Å². The highest BCUT2D eigenvalue weighted by Crippen LogP contribution is 2.28. The SMILES string of the molecule is CN(C(=O)c1cc2cc(F)ccc2s1)C1CCNCC1. The van der Waals surface area contributed by atoms with Crippen molar-refractivity contribution < 1.29 is 9.18 Å². The molecule has 1 amide bonds. The van der Waals surface area contributed by atoms with Gasteiger partial charge in [0.2, 0.25) is 0 Å². The molecule has 3 rings (SSSR count). The number of carbonyl (C=O) groups is 1. The normalized spacial score (nSPS) is 16.5. The number of rotatable bonds is 2. The predicted octanol–water partition coefficient (Wildman–Crippen LogP) is 2.86. The van der Waals surface area contributed by atoms with Gasteiger partial charge in [0.1, 0.15) is 5.82 Å². The summed E-state index contributed by atoms with van der Waals surface area (Å²) >= 11 is 1.43. The van der Waals surface area contributed by atoms with Crippen LogP contribution in [0.2, 0.25) is 0 Å². The van der Waals surface area contributed by atoms with Crippen molar-refractivity contribution in [1.82, 2.24) is 10.2 Å². The molecule has 106 valence electrons. The summed E-state index contributed by atoms with van der Waals surface area (Å²) in [6.07, 6.45) is 1.98. The number of benzene rings is 1. The molecule has 0 aliphatic carbocycles. The van der Waals surface area contributed by atoms with Crippen LogP contribution >= 0.6 is 11.3 Å². The van der Waals surface area contributed by atoms with E-state index in [-0.39, 0.29) is 11.7 Å². The lowest BCUT2D eigenvalue weighted by Gasteiger charge is -2.31. The number of fused-ring (bicyclic) bond motifs is 1. The Morgan fingerprint density at radius 3 is 2.85 bits per heavy atom. The van der Waals surface area contributed by atoms with Crippen molar-refractivity contribution in [3.8, 4) is 0 Å².